The van der Waals surface area contributed by atoms with E-state index >= 15 is 0 Å². The third-order valence-corrected chi connectivity index (χ3v) is 0.378. The van der Waals surface area contributed by atoms with Gasteiger partial charge in [-0.2, -0.15) is 0 Å². The zero-order valence-electron chi connectivity index (χ0n) is 2.41. The van der Waals surface area contributed by atoms with Crippen molar-refractivity contribution in [2.24, 2.45) is 0 Å². The van der Waals surface area contributed by atoms with Gasteiger partial charge in [0.25, 0.3) is 0 Å². The van der Waals surface area contributed by atoms with Crippen molar-refractivity contribution in [2.75, 3.05) is 0 Å². The molecule has 0 heterocycles. The molecule has 0 saturated carbocycles. The lowest BCUT2D eigenvalue weighted by Crippen LogP contribution is -1.47. The third kappa shape index (κ3) is 4.38. The fourth-order valence-electron chi connectivity index (χ4n) is 0. The molecule has 0 aromatic rings. The second kappa shape index (κ2) is 2.61. The van der Waals surface area contributed by atoms with E-state index in [2.05, 4.69) is 0 Å². The summed E-state index contributed by atoms with van der Waals surface area (Å²) in [6.07, 6.45) is 0. The van der Waals surface area contributed by atoms with Crippen LogP contribution in [0, 0.1) is 0 Å². The number of rotatable bonds is 0. The Morgan fingerprint density at radius 3 is 1.80 bits per heavy atom. The van der Waals surface area contributed by atoms with Crippen molar-refractivity contribution in [1.82, 2.24) is 0 Å². The molecule has 0 unspecified atom stereocenters. The summed E-state index contributed by atoms with van der Waals surface area (Å²) in [6.45, 7) is 0. The molecule has 0 rings (SSSR count). The van der Waals surface area contributed by atoms with Crippen LogP contribution in [0.4, 0.5) is 0 Å². The average molecular weight is 107 g/mol. The summed E-state index contributed by atoms with van der Waals surface area (Å²) in [6, 6.07) is 0. The van der Waals surface area contributed by atoms with E-state index in [4.69, 9.17) is 31.0 Å². The van der Waals surface area contributed by atoms with Crippen LogP contribution >= 0.6 is 23.2 Å². The molecular formula is C2HBCl2. The van der Waals surface area contributed by atoms with Gasteiger partial charge in [-0.1, -0.05) is 23.2 Å². The van der Waals surface area contributed by atoms with Gasteiger partial charge in [-0.25, -0.2) is 0 Å². The molecule has 0 aliphatic heterocycles. The first-order chi connectivity index (χ1) is 2.27. The molecule has 0 saturated heterocycles. The van der Waals surface area contributed by atoms with E-state index in [0.717, 1.165) is 5.98 Å². The fourth-order valence-corrected chi connectivity index (χ4v) is 0. The molecule has 0 spiro atoms. The number of hydrogen-bond acceptors (Lipinski definition) is 0. The highest BCUT2D eigenvalue weighted by atomic mass is 35.5. The Balaban J connectivity index is 3.14. The van der Waals surface area contributed by atoms with Crippen LogP contribution in [0.3, 0.4) is 0 Å². The van der Waals surface area contributed by atoms with Gasteiger partial charge in [-0.3, -0.25) is 0 Å². The molecule has 0 atom stereocenters. The Bertz CT molecular complexity index is 45.6. The SMILES string of the molecule is [B]C=C(Cl)Cl. The molecule has 0 N–H and O–H groups in total. The summed E-state index contributed by atoms with van der Waals surface area (Å²) in [7, 11) is 4.75. The normalized spacial score (nSPS) is 6.80. The minimum atomic E-state index is 0.102. The lowest BCUT2D eigenvalue weighted by atomic mass is 10.2. The van der Waals surface area contributed by atoms with E-state index in [9.17, 15) is 0 Å². The highest BCUT2D eigenvalue weighted by molar-refractivity contribution is 6.57. The third-order valence-electron chi connectivity index (χ3n) is 0.126. The Morgan fingerprint density at radius 1 is 1.60 bits per heavy atom. The van der Waals surface area contributed by atoms with Crippen molar-refractivity contribution >= 4 is 31.0 Å². The summed E-state index contributed by atoms with van der Waals surface area (Å²) in [4.78, 5) is 0. The van der Waals surface area contributed by atoms with Gasteiger partial charge in [-0.15, -0.1) is 5.98 Å². The van der Waals surface area contributed by atoms with E-state index in [0.29, 0.717) is 0 Å². The van der Waals surface area contributed by atoms with Crippen molar-refractivity contribution < 1.29 is 0 Å². The van der Waals surface area contributed by atoms with Gasteiger partial charge in [0.05, 0.1) is 4.49 Å². The summed E-state index contributed by atoms with van der Waals surface area (Å²) < 4.78 is 0.102. The monoisotopic (exact) mass is 106 g/mol. The molecule has 5 heavy (non-hydrogen) atoms. The minimum Gasteiger partial charge on any atom is -0.102 e. The van der Waals surface area contributed by atoms with Crippen molar-refractivity contribution in [1.29, 1.82) is 0 Å². The van der Waals surface area contributed by atoms with Crippen LogP contribution in [0.15, 0.2) is 10.5 Å². The van der Waals surface area contributed by atoms with Crippen LogP contribution < -0.4 is 0 Å². The van der Waals surface area contributed by atoms with Gasteiger partial charge < -0.3 is 0 Å². The fraction of sp³-hybridized carbons (Fsp3) is 0. The van der Waals surface area contributed by atoms with Crippen molar-refractivity contribution in [3.63, 3.8) is 0 Å². The maximum atomic E-state index is 4.96. The zero-order valence-corrected chi connectivity index (χ0v) is 3.92. The predicted molar refractivity (Wildman–Crippen MR) is 25.5 cm³/mol. The van der Waals surface area contributed by atoms with Gasteiger partial charge in [0.15, 0.2) is 0 Å². The first kappa shape index (κ1) is 5.38. The standard InChI is InChI=1S/C2HBCl2/c3-1-2(4)5/h1H. The van der Waals surface area contributed by atoms with E-state index < -0.39 is 0 Å². The van der Waals surface area contributed by atoms with Crippen molar-refractivity contribution in [2.45, 2.75) is 0 Å². The summed E-state index contributed by atoms with van der Waals surface area (Å²) in [5, 5.41) is 0. The highest BCUT2D eigenvalue weighted by Crippen LogP contribution is 2.01. The first-order valence-electron chi connectivity index (χ1n) is 1.000. The largest absolute Gasteiger partial charge is 0.106 e. The first-order valence-corrected chi connectivity index (χ1v) is 1.76. The van der Waals surface area contributed by atoms with Crippen molar-refractivity contribution in [3.8, 4) is 0 Å². The van der Waals surface area contributed by atoms with Crippen LogP contribution in [-0.4, -0.2) is 7.85 Å². The highest BCUT2D eigenvalue weighted by Gasteiger charge is 1.68. The summed E-state index contributed by atoms with van der Waals surface area (Å²) >= 11 is 9.93. The molecule has 0 aromatic carbocycles. The van der Waals surface area contributed by atoms with Gasteiger partial charge in [0, 0.05) is 0 Å². The Kier molecular flexibility index (Phi) is 2.81. The molecule has 0 amide bonds. The lowest BCUT2D eigenvalue weighted by Gasteiger charge is -1.66. The Morgan fingerprint density at radius 2 is 1.80 bits per heavy atom. The maximum absolute atomic E-state index is 4.96. The topological polar surface area (TPSA) is 0 Å². The zero-order chi connectivity index (χ0) is 4.28. The predicted octanol–water partition coefficient (Wildman–Crippen LogP) is 1.43. The summed E-state index contributed by atoms with van der Waals surface area (Å²) in [5.41, 5.74) is 0. The van der Waals surface area contributed by atoms with E-state index in [1.165, 1.54) is 0 Å². The van der Waals surface area contributed by atoms with Gasteiger partial charge in [-0.05, 0) is 0 Å². The number of halogens is 2. The minimum absolute atomic E-state index is 0.102. The molecule has 2 radical (unpaired) electrons. The molecule has 0 fully saturated rings. The molecule has 3 heteroatoms. The van der Waals surface area contributed by atoms with E-state index in [1.54, 1.807) is 0 Å². The van der Waals surface area contributed by atoms with Gasteiger partial charge >= 0.3 is 0 Å². The van der Waals surface area contributed by atoms with Crippen LogP contribution in [0.25, 0.3) is 0 Å². The quantitative estimate of drug-likeness (QED) is 0.410. The van der Waals surface area contributed by atoms with E-state index in [-0.39, 0.29) is 4.49 Å². The lowest BCUT2D eigenvalue weighted by molar-refractivity contribution is 2.36. The molecule has 0 aromatic heterocycles. The van der Waals surface area contributed by atoms with E-state index in [1.807, 2.05) is 0 Å². The molecular weight excluding hydrogens is 106 g/mol. The smallest absolute Gasteiger partial charge is 0.102 e. The molecule has 0 nitrogen and oxygen atoms in total. The molecule has 0 bridgehead atoms. The van der Waals surface area contributed by atoms with Crippen LogP contribution in [0.2, 0.25) is 0 Å². The summed E-state index contributed by atoms with van der Waals surface area (Å²) in [5.74, 6) is 1.11. The Labute approximate surface area is 42.2 Å². The van der Waals surface area contributed by atoms with Gasteiger partial charge in [0.1, 0.15) is 7.85 Å². The van der Waals surface area contributed by atoms with Gasteiger partial charge in [0.2, 0.25) is 0 Å². The van der Waals surface area contributed by atoms with Crippen molar-refractivity contribution in [3.05, 3.63) is 10.5 Å². The molecule has 0 aliphatic rings. The second-order valence-electron chi connectivity index (χ2n) is 0.456. The van der Waals surface area contributed by atoms with Crippen LogP contribution in [0.5, 0.6) is 0 Å². The van der Waals surface area contributed by atoms with Crippen LogP contribution in [-0.2, 0) is 0 Å². The van der Waals surface area contributed by atoms with Crippen LogP contribution in [0.1, 0.15) is 0 Å². The molecule has 26 valence electrons. The molecule has 0 aliphatic carbocycles. The Hall–Kier alpha value is 0.385. The maximum Gasteiger partial charge on any atom is 0.106 e. The average Bonchev–Trinajstić information content (AvgIpc) is 1.38. The second-order valence-corrected chi connectivity index (χ2v) is 1.46. The number of hydrogen-bond donors (Lipinski definition) is 0.